The van der Waals surface area contributed by atoms with E-state index in [9.17, 15) is 18.0 Å². The van der Waals surface area contributed by atoms with Gasteiger partial charge in [0.25, 0.3) is 0 Å². The number of sulfonamides is 1. The van der Waals surface area contributed by atoms with Gasteiger partial charge in [-0.3, -0.25) is 9.59 Å². The summed E-state index contributed by atoms with van der Waals surface area (Å²) in [6, 6.07) is 0. The normalized spacial score (nSPS) is 32.7. The van der Waals surface area contributed by atoms with Crippen molar-refractivity contribution >= 4 is 21.7 Å². The zero-order valence-corrected chi connectivity index (χ0v) is 12.0. The smallest absolute Gasteiger partial charge is 0.232 e. The van der Waals surface area contributed by atoms with Crippen molar-refractivity contribution in [3.63, 3.8) is 0 Å². The number of hydrogen-bond donors (Lipinski definition) is 2. The van der Waals surface area contributed by atoms with E-state index in [1.54, 1.807) is 0 Å². The molecule has 0 spiro atoms. The highest BCUT2D eigenvalue weighted by atomic mass is 32.2. The molecule has 6 nitrogen and oxygen atoms in total. The van der Waals surface area contributed by atoms with Crippen LogP contribution in [-0.2, 0) is 19.6 Å². The van der Waals surface area contributed by atoms with Crippen molar-refractivity contribution in [2.24, 2.45) is 22.5 Å². The predicted molar refractivity (Wildman–Crippen MR) is 69.5 cm³/mol. The number of primary amides is 1. The van der Waals surface area contributed by atoms with Crippen LogP contribution in [0.15, 0.2) is 0 Å². The maximum Gasteiger partial charge on any atom is 0.232 e. The second kappa shape index (κ2) is 4.28. The molecule has 19 heavy (non-hydrogen) atoms. The van der Waals surface area contributed by atoms with Gasteiger partial charge in [-0.05, 0) is 24.2 Å². The summed E-state index contributed by atoms with van der Waals surface area (Å²) < 4.78 is 26.2. The van der Waals surface area contributed by atoms with Gasteiger partial charge in [0.1, 0.15) is 5.78 Å². The molecule has 0 aliphatic heterocycles. The van der Waals surface area contributed by atoms with Gasteiger partial charge >= 0.3 is 0 Å². The lowest BCUT2D eigenvalue weighted by molar-refractivity contribution is -0.128. The van der Waals surface area contributed by atoms with Crippen LogP contribution in [0.25, 0.3) is 0 Å². The highest BCUT2D eigenvalue weighted by Crippen LogP contribution is 2.64. The maximum absolute atomic E-state index is 12.2. The van der Waals surface area contributed by atoms with E-state index < -0.39 is 27.9 Å². The van der Waals surface area contributed by atoms with Gasteiger partial charge in [-0.15, -0.1) is 0 Å². The molecule has 0 radical (unpaired) electrons. The number of carbonyl (C=O) groups excluding carboxylic acids is 2. The Labute approximate surface area is 113 Å². The van der Waals surface area contributed by atoms with Crippen LogP contribution in [0.2, 0.25) is 0 Å². The fourth-order valence-corrected chi connectivity index (χ4v) is 5.46. The molecule has 1 amide bonds. The number of amides is 1. The van der Waals surface area contributed by atoms with E-state index in [1.807, 2.05) is 13.8 Å². The first-order chi connectivity index (χ1) is 8.61. The predicted octanol–water partition coefficient (Wildman–Crippen LogP) is -0.213. The van der Waals surface area contributed by atoms with E-state index in [-0.39, 0.29) is 22.9 Å². The van der Waals surface area contributed by atoms with Crippen LogP contribution in [0.5, 0.6) is 0 Å². The molecule has 2 atom stereocenters. The van der Waals surface area contributed by atoms with E-state index in [0.29, 0.717) is 12.8 Å². The molecule has 2 bridgehead atoms. The highest BCUT2D eigenvalue weighted by Gasteiger charge is 2.65. The number of Topliss-reactive ketones (excluding diaryl/α,β-unsaturated/α-hetero) is 1. The Morgan fingerprint density at radius 2 is 2.11 bits per heavy atom. The molecule has 108 valence electrons. The van der Waals surface area contributed by atoms with Gasteiger partial charge in [0, 0.05) is 11.8 Å². The zero-order chi connectivity index (χ0) is 14.5. The topological polar surface area (TPSA) is 106 Å². The minimum absolute atomic E-state index is 0.0400. The van der Waals surface area contributed by atoms with Gasteiger partial charge in [-0.2, -0.15) is 0 Å². The maximum atomic E-state index is 12.2. The van der Waals surface area contributed by atoms with Crippen LogP contribution in [0.3, 0.4) is 0 Å². The van der Waals surface area contributed by atoms with Gasteiger partial charge in [0.15, 0.2) is 0 Å². The Morgan fingerprint density at radius 3 is 2.53 bits per heavy atom. The van der Waals surface area contributed by atoms with Crippen molar-refractivity contribution in [1.82, 2.24) is 4.72 Å². The summed E-state index contributed by atoms with van der Waals surface area (Å²) in [4.78, 5) is 22.9. The molecule has 7 heteroatoms. The molecule has 0 unspecified atom stereocenters. The van der Waals surface area contributed by atoms with E-state index in [2.05, 4.69) is 4.72 Å². The molecule has 2 saturated carbocycles. The zero-order valence-electron chi connectivity index (χ0n) is 11.2. The molecular formula is C12H20N2O4S. The number of carbonyl (C=O) groups is 2. The van der Waals surface area contributed by atoms with E-state index >= 15 is 0 Å². The minimum Gasteiger partial charge on any atom is -0.369 e. The van der Waals surface area contributed by atoms with E-state index in [1.165, 1.54) is 0 Å². The van der Waals surface area contributed by atoms with Crippen molar-refractivity contribution in [1.29, 1.82) is 0 Å². The molecule has 0 aromatic carbocycles. The quantitative estimate of drug-likeness (QED) is 0.729. The number of nitrogens with two attached hydrogens (primary N) is 1. The second-order valence-electron chi connectivity index (χ2n) is 6.21. The SMILES string of the molecule is CC1(C)[C@H]2CC[C@]1(CS(=O)(=O)NCC(N)=O)C(=O)C2. The third-order valence-corrected chi connectivity index (χ3v) is 6.50. The average Bonchev–Trinajstić information content (AvgIpc) is 2.60. The monoisotopic (exact) mass is 288 g/mol. The summed E-state index contributed by atoms with van der Waals surface area (Å²) >= 11 is 0. The summed E-state index contributed by atoms with van der Waals surface area (Å²) in [5.41, 5.74) is 3.82. The Kier molecular flexibility index (Phi) is 3.25. The summed E-state index contributed by atoms with van der Waals surface area (Å²) in [5, 5.41) is 0. The van der Waals surface area contributed by atoms with Crippen molar-refractivity contribution in [3.05, 3.63) is 0 Å². The first-order valence-corrected chi connectivity index (χ1v) is 8.05. The largest absolute Gasteiger partial charge is 0.369 e. The van der Waals surface area contributed by atoms with Crippen molar-refractivity contribution < 1.29 is 18.0 Å². The fraction of sp³-hybridized carbons (Fsp3) is 0.833. The number of nitrogens with one attached hydrogen (secondary N) is 1. The fourth-order valence-electron chi connectivity index (χ4n) is 3.66. The lowest BCUT2D eigenvalue weighted by atomic mass is 9.70. The lowest BCUT2D eigenvalue weighted by Gasteiger charge is -2.36. The number of ketones is 1. The lowest BCUT2D eigenvalue weighted by Crippen LogP contribution is -2.46. The van der Waals surface area contributed by atoms with Gasteiger partial charge in [-0.1, -0.05) is 13.8 Å². The molecule has 0 heterocycles. The van der Waals surface area contributed by atoms with Crippen LogP contribution < -0.4 is 10.5 Å². The Hall–Kier alpha value is -0.950. The molecule has 2 fully saturated rings. The third-order valence-electron chi connectivity index (χ3n) is 5.04. The molecule has 0 aromatic heterocycles. The highest BCUT2D eigenvalue weighted by molar-refractivity contribution is 7.89. The Bertz CT molecular complexity index is 526. The second-order valence-corrected chi connectivity index (χ2v) is 8.02. The number of fused-ring (bicyclic) bond motifs is 2. The van der Waals surface area contributed by atoms with Gasteiger partial charge in [0.05, 0.1) is 12.3 Å². The van der Waals surface area contributed by atoms with Gasteiger partial charge in [-0.25, -0.2) is 13.1 Å². The summed E-state index contributed by atoms with van der Waals surface area (Å²) in [5.74, 6) is -0.665. The minimum atomic E-state index is -3.68. The Morgan fingerprint density at radius 1 is 1.47 bits per heavy atom. The molecular weight excluding hydrogens is 268 g/mol. The molecule has 2 aliphatic rings. The van der Waals surface area contributed by atoms with Crippen molar-refractivity contribution in [2.75, 3.05) is 12.3 Å². The average molecular weight is 288 g/mol. The molecule has 0 aromatic rings. The molecule has 0 saturated heterocycles. The van der Waals surface area contributed by atoms with E-state index in [4.69, 9.17) is 5.73 Å². The number of rotatable bonds is 5. The van der Waals surface area contributed by atoms with Crippen molar-refractivity contribution in [2.45, 2.75) is 33.1 Å². The summed E-state index contributed by atoms with van der Waals surface area (Å²) in [6.07, 6.45) is 1.98. The van der Waals surface area contributed by atoms with E-state index in [0.717, 1.165) is 6.42 Å². The van der Waals surface area contributed by atoms with Gasteiger partial charge < -0.3 is 5.73 Å². The Balaban J connectivity index is 2.22. The third kappa shape index (κ3) is 2.18. The standard InChI is InChI=1S/C12H20N2O4S/c1-11(2)8-3-4-12(11,9(15)5-8)7-19(17,18)14-6-10(13)16/h8,14H,3-7H2,1-2H3,(H2,13,16)/t8-,12-/m0/s1. The first-order valence-electron chi connectivity index (χ1n) is 6.40. The van der Waals surface area contributed by atoms with Crippen LogP contribution in [-0.4, -0.2) is 32.4 Å². The molecule has 2 aliphatic carbocycles. The molecule has 2 rings (SSSR count). The molecule has 3 N–H and O–H groups in total. The van der Waals surface area contributed by atoms with Crippen LogP contribution in [0.4, 0.5) is 0 Å². The van der Waals surface area contributed by atoms with Crippen LogP contribution in [0, 0.1) is 16.7 Å². The first kappa shape index (κ1) is 14.5. The number of hydrogen-bond acceptors (Lipinski definition) is 4. The van der Waals surface area contributed by atoms with Crippen LogP contribution in [0.1, 0.15) is 33.1 Å². The summed E-state index contributed by atoms with van der Waals surface area (Å²) in [6.45, 7) is 3.52. The van der Waals surface area contributed by atoms with Crippen molar-refractivity contribution in [3.8, 4) is 0 Å². The van der Waals surface area contributed by atoms with Crippen LogP contribution >= 0.6 is 0 Å². The summed E-state index contributed by atoms with van der Waals surface area (Å²) in [7, 11) is -3.68. The van der Waals surface area contributed by atoms with Gasteiger partial charge in [0.2, 0.25) is 15.9 Å².